The minimum Gasteiger partial charge on any atom is -0.494 e. The predicted octanol–water partition coefficient (Wildman–Crippen LogP) is 4.15. The lowest BCUT2D eigenvalue weighted by molar-refractivity contribution is 0.339. The molecule has 0 N–H and O–H groups in total. The normalized spacial score (nSPS) is 11.7. The largest absolute Gasteiger partial charge is 0.494 e. The Bertz CT molecular complexity index is 544. The first-order valence-electron chi connectivity index (χ1n) is 7.13. The van der Waals surface area contributed by atoms with Crippen LogP contribution in [0.1, 0.15) is 16.6 Å². The molecule has 0 aliphatic rings. The molecule has 2 nitrogen and oxygen atoms in total. The molecule has 2 rings (SSSR count). The summed E-state index contributed by atoms with van der Waals surface area (Å²) in [5, 5.41) is 0. The van der Waals surface area contributed by atoms with Crippen LogP contribution < -0.4 is 9.47 Å². The summed E-state index contributed by atoms with van der Waals surface area (Å²) < 4.78 is 26.5. The van der Waals surface area contributed by atoms with Crippen LogP contribution in [-0.2, 0) is 0 Å². The number of benzene rings is 2. The maximum Gasteiger partial charge on any atom is 0.119 e. The zero-order valence-corrected chi connectivity index (χ0v) is 10.7. The van der Waals surface area contributed by atoms with E-state index in [0.717, 1.165) is 11.1 Å². The standard InChI is InChI=1S/C16H18O2/c1-3-17-15-9-5-7-13(11-15)14-8-6-10-16(12-14)18-4-2/h5-12H,3-4H2,1-2H3/i9D,10D. The Labute approximate surface area is 111 Å². The molecule has 0 heterocycles. The minimum atomic E-state index is 0.373. The molecule has 0 aliphatic heterocycles. The summed E-state index contributed by atoms with van der Waals surface area (Å²) in [6, 6.07) is 11.6. The van der Waals surface area contributed by atoms with E-state index in [0.29, 0.717) is 36.8 Å². The van der Waals surface area contributed by atoms with Crippen molar-refractivity contribution in [2.24, 2.45) is 0 Å². The lowest BCUT2D eigenvalue weighted by atomic mass is 10.1. The smallest absolute Gasteiger partial charge is 0.119 e. The van der Waals surface area contributed by atoms with E-state index in [1.54, 1.807) is 12.1 Å². The first-order valence-corrected chi connectivity index (χ1v) is 6.13. The molecule has 0 radical (unpaired) electrons. The van der Waals surface area contributed by atoms with Crippen LogP contribution in [0.5, 0.6) is 11.5 Å². The van der Waals surface area contributed by atoms with Gasteiger partial charge in [0.2, 0.25) is 0 Å². The lowest BCUT2D eigenvalue weighted by Crippen LogP contribution is -1.92. The molecule has 0 fully saturated rings. The summed E-state index contributed by atoms with van der Waals surface area (Å²) in [6.07, 6.45) is 0. The van der Waals surface area contributed by atoms with Crippen molar-refractivity contribution in [2.75, 3.05) is 13.2 Å². The highest BCUT2D eigenvalue weighted by Crippen LogP contribution is 2.26. The molecule has 0 unspecified atom stereocenters. The topological polar surface area (TPSA) is 18.5 Å². The van der Waals surface area contributed by atoms with Crippen LogP contribution in [0.4, 0.5) is 0 Å². The molecule has 94 valence electrons. The van der Waals surface area contributed by atoms with E-state index in [-0.39, 0.29) is 0 Å². The van der Waals surface area contributed by atoms with E-state index >= 15 is 0 Å². The minimum absolute atomic E-state index is 0.373. The first kappa shape index (κ1) is 10.0. The summed E-state index contributed by atoms with van der Waals surface area (Å²) in [4.78, 5) is 0. The van der Waals surface area contributed by atoms with Gasteiger partial charge >= 0.3 is 0 Å². The van der Waals surface area contributed by atoms with Gasteiger partial charge in [0.1, 0.15) is 11.5 Å². The van der Waals surface area contributed by atoms with Gasteiger partial charge in [0.15, 0.2) is 0 Å². The van der Waals surface area contributed by atoms with E-state index in [4.69, 9.17) is 12.2 Å². The highest BCUT2D eigenvalue weighted by atomic mass is 16.5. The number of hydrogen-bond acceptors (Lipinski definition) is 2. The van der Waals surface area contributed by atoms with E-state index < -0.39 is 0 Å². The number of ether oxygens (including phenoxy) is 2. The molecular formula is C16H18O2. The van der Waals surface area contributed by atoms with Crippen molar-refractivity contribution in [2.45, 2.75) is 13.8 Å². The average Bonchev–Trinajstić information content (AvgIpc) is 2.44. The molecule has 2 heteroatoms. The second-order valence-electron chi connectivity index (χ2n) is 3.75. The molecule has 2 aromatic carbocycles. The van der Waals surface area contributed by atoms with E-state index in [9.17, 15) is 0 Å². The Morgan fingerprint density at radius 1 is 0.889 bits per heavy atom. The van der Waals surface area contributed by atoms with Gasteiger partial charge in [-0.1, -0.05) is 24.3 Å². The van der Waals surface area contributed by atoms with Crippen LogP contribution in [0.15, 0.2) is 48.5 Å². The third-order valence-electron chi connectivity index (χ3n) is 2.48. The van der Waals surface area contributed by atoms with Crippen LogP contribution in [0, 0.1) is 0 Å². The van der Waals surface area contributed by atoms with Crippen LogP contribution in [0.3, 0.4) is 0 Å². The SMILES string of the molecule is [2H]c1ccc(-c2ccc([2H])c(OCC)c2)cc1OCC. The van der Waals surface area contributed by atoms with Gasteiger partial charge in [0.25, 0.3) is 0 Å². The molecule has 0 amide bonds. The molecule has 0 atom stereocenters. The van der Waals surface area contributed by atoms with Gasteiger partial charge in [0.05, 0.1) is 16.0 Å². The van der Waals surface area contributed by atoms with Crippen LogP contribution >= 0.6 is 0 Å². The fraction of sp³-hybridized carbons (Fsp3) is 0.250. The fourth-order valence-corrected chi connectivity index (χ4v) is 1.73. The first-order chi connectivity index (χ1) is 9.65. The van der Waals surface area contributed by atoms with Crippen molar-refractivity contribution < 1.29 is 12.2 Å². The quantitative estimate of drug-likeness (QED) is 0.786. The third kappa shape index (κ3) is 3.04. The van der Waals surface area contributed by atoms with Crippen LogP contribution in [-0.4, -0.2) is 13.2 Å². The maximum absolute atomic E-state index is 7.80. The second kappa shape index (κ2) is 6.10. The second-order valence-corrected chi connectivity index (χ2v) is 3.75. The van der Waals surface area contributed by atoms with Gasteiger partial charge in [0, 0.05) is 0 Å². The highest BCUT2D eigenvalue weighted by molar-refractivity contribution is 5.66. The van der Waals surface area contributed by atoms with Gasteiger partial charge in [-0.15, -0.1) is 0 Å². The van der Waals surface area contributed by atoms with E-state index in [1.165, 1.54) is 0 Å². The Kier molecular flexibility index (Phi) is 3.39. The third-order valence-corrected chi connectivity index (χ3v) is 2.48. The predicted molar refractivity (Wildman–Crippen MR) is 74.2 cm³/mol. The molecule has 0 bridgehead atoms. The molecule has 18 heavy (non-hydrogen) atoms. The van der Waals surface area contributed by atoms with Crippen molar-refractivity contribution in [1.29, 1.82) is 0 Å². The van der Waals surface area contributed by atoms with E-state index in [1.807, 2.05) is 38.1 Å². The van der Waals surface area contributed by atoms with Gasteiger partial charge in [-0.3, -0.25) is 0 Å². The molecular weight excluding hydrogens is 224 g/mol. The molecule has 2 aromatic rings. The summed E-state index contributed by atoms with van der Waals surface area (Å²) in [7, 11) is 0. The van der Waals surface area contributed by atoms with Gasteiger partial charge in [-0.25, -0.2) is 0 Å². The highest BCUT2D eigenvalue weighted by Gasteiger charge is 2.01. The Hall–Kier alpha value is -1.96. The summed E-state index contributed by atoms with van der Waals surface area (Å²) >= 11 is 0. The summed E-state index contributed by atoms with van der Waals surface area (Å²) in [5.41, 5.74) is 1.90. The van der Waals surface area contributed by atoms with Crippen molar-refractivity contribution in [3.05, 3.63) is 48.5 Å². The zero-order chi connectivity index (χ0) is 14.5. The summed E-state index contributed by atoms with van der Waals surface area (Å²) in [6.45, 7) is 4.86. The monoisotopic (exact) mass is 244 g/mol. The van der Waals surface area contributed by atoms with Crippen molar-refractivity contribution in [1.82, 2.24) is 0 Å². The Balaban J connectivity index is 2.40. The van der Waals surface area contributed by atoms with Gasteiger partial charge < -0.3 is 9.47 Å². The Morgan fingerprint density at radius 2 is 1.33 bits per heavy atom. The van der Waals surface area contributed by atoms with Crippen LogP contribution in [0.2, 0.25) is 0 Å². The maximum atomic E-state index is 7.80. The molecule has 0 aromatic heterocycles. The molecule has 0 aliphatic carbocycles. The lowest BCUT2D eigenvalue weighted by Gasteiger charge is -2.08. The molecule has 0 saturated carbocycles. The summed E-state index contributed by atoms with van der Waals surface area (Å²) in [5.74, 6) is 1.14. The van der Waals surface area contributed by atoms with Crippen molar-refractivity contribution >= 4 is 0 Å². The van der Waals surface area contributed by atoms with E-state index in [2.05, 4.69) is 0 Å². The Morgan fingerprint density at radius 3 is 1.72 bits per heavy atom. The van der Waals surface area contributed by atoms with Crippen molar-refractivity contribution in [3.63, 3.8) is 0 Å². The van der Waals surface area contributed by atoms with Gasteiger partial charge in [-0.05, 0) is 49.2 Å². The van der Waals surface area contributed by atoms with Gasteiger partial charge in [-0.2, -0.15) is 0 Å². The van der Waals surface area contributed by atoms with Crippen molar-refractivity contribution in [3.8, 4) is 22.6 Å². The molecule has 0 spiro atoms. The molecule has 0 saturated heterocycles. The van der Waals surface area contributed by atoms with Crippen LogP contribution in [0.25, 0.3) is 11.1 Å². The fourth-order valence-electron chi connectivity index (χ4n) is 1.73. The average molecular weight is 244 g/mol. The number of hydrogen-bond donors (Lipinski definition) is 0. The zero-order valence-electron chi connectivity index (χ0n) is 12.7. The number of rotatable bonds is 5.